The van der Waals surface area contributed by atoms with Gasteiger partial charge in [0.15, 0.2) is 0 Å². The van der Waals surface area contributed by atoms with Gasteiger partial charge in [-0.2, -0.15) is 5.10 Å². The van der Waals surface area contributed by atoms with Crippen LogP contribution >= 0.6 is 0 Å². The maximum atomic E-state index is 12.2. The van der Waals surface area contributed by atoms with E-state index in [-0.39, 0.29) is 5.91 Å². The number of nitrogens with zero attached hydrogens (tertiary/aromatic N) is 2. The molecule has 24 heavy (non-hydrogen) atoms. The van der Waals surface area contributed by atoms with Crippen LogP contribution in [0.1, 0.15) is 10.5 Å². The first-order valence-corrected chi connectivity index (χ1v) is 8.04. The Kier molecular flexibility index (Phi) is 5.45. The Balaban J connectivity index is 1.53. The third-order valence-corrected chi connectivity index (χ3v) is 4.03. The van der Waals surface area contributed by atoms with Gasteiger partial charge in [-0.25, -0.2) is 0 Å². The molecule has 2 N–H and O–H groups in total. The molecule has 0 atom stereocenters. The molecule has 0 saturated carbocycles. The Morgan fingerprint density at radius 1 is 1.33 bits per heavy atom. The predicted octanol–water partition coefficient (Wildman–Crippen LogP) is 1.15. The van der Waals surface area contributed by atoms with Crippen molar-refractivity contribution in [1.82, 2.24) is 20.4 Å². The topological polar surface area (TPSA) is 79.5 Å². The summed E-state index contributed by atoms with van der Waals surface area (Å²) >= 11 is 0. The highest BCUT2D eigenvalue weighted by Gasteiger charge is 2.13. The fourth-order valence-electron chi connectivity index (χ4n) is 2.60. The Morgan fingerprint density at radius 3 is 2.79 bits per heavy atom. The van der Waals surface area contributed by atoms with E-state index in [1.165, 1.54) is 0 Å². The first-order valence-electron chi connectivity index (χ1n) is 8.04. The average Bonchev–Trinajstić information content (AvgIpc) is 3.13. The number of morpholine rings is 1. The SMILES string of the molecule is COc1ccc(-c2cc(C(=O)NCCN3CCOCC3)[nH]n2)cc1. The molecule has 0 bridgehead atoms. The highest BCUT2D eigenvalue weighted by atomic mass is 16.5. The van der Waals surface area contributed by atoms with Gasteiger partial charge in [0.05, 0.1) is 26.0 Å². The van der Waals surface area contributed by atoms with Crippen LogP contribution in [0.15, 0.2) is 30.3 Å². The predicted molar refractivity (Wildman–Crippen MR) is 90.2 cm³/mol. The molecule has 3 rings (SSSR count). The van der Waals surface area contributed by atoms with Crippen molar-refractivity contribution < 1.29 is 14.3 Å². The summed E-state index contributed by atoms with van der Waals surface area (Å²) in [4.78, 5) is 14.5. The van der Waals surface area contributed by atoms with Crippen LogP contribution in [0.2, 0.25) is 0 Å². The molecule has 1 aliphatic rings. The van der Waals surface area contributed by atoms with Gasteiger partial charge in [0, 0.05) is 31.7 Å². The monoisotopic (exact) mass is 330 g/mol. The summed E-state index contributed by atoms with van der Waals surface area (Å²) in [5.74, 6) is 0.644. The molecule has 0 aliphatic carbocycles. The molecule has 1 aromatic carbocycles. The number of benzene rings is 1. The Hall–Kier alpha value is -2.38. The van der Waals surface area contributed by atoms with Gasteiger partial charge in [0.25, 0.3) is 5.91 Å². The number of rotatable bonds is 6. The van der Waals surface area contributed by atoms with Crippen molar-refractivity contribution in [1.29, 1.82) is 0 Å². The van der Waals surface area contributed by atoms with Crippen LogP contribution in [0.3, 0.4) is 0 Å². The minimum absolute atomic E-state index is 0.143. The van der Waals surface area contributed by atoms with E-state index in [4.69, 9.17) is 9.47 Å². The van der Waals surface area contributed by atoms with E-state index >= 15 is 0 Å². The van der Waals surface area contributed by atoms with Gasteiger partial charge in [-0.15, -0.1) is 0 Å². The molecule has 7 heteroatoms. The van der Waals surface area contributed by atoms with Gasteiger partial charge < -0.3 is 14.8 Å². The highest BCUT2D eigenvalue weighted by molar-refractivity contribution is 5.93. The lowest BCUT2D eigenvalue weighted by molar-refractivity contribution is 0.0383. The zero-order valence-electron chi connectivity index (χ0n) is 13.7. The van der Waals surface area contributed by atoms with Crippen molar-refractivity contribution in [3.05, 3.63) is 36.0 Å². The van der Waals surface area contributed by atoms with Crippen molar-refractivity contribution >= 4 is 5.91 Å². The summed E-state index contributed by atoms with van der Waals surface area (Å²) in [7, 11) is 1.63. The molecule has 7 nitrogen and oxygen atoms in total. The lowest BCUT2D eigenvalue weighted by atomic mass is 10.1. The average molecular weight is 330 g/mol. The first kappa shape index (κ1) is 16.5. The van der Waals surface area contributed by atoms with E-state index in [2.05, 4.69) is 20.4 Å². The molecular formula is C17H22N4O3. The molecule has 1 saturated heterocycles. The number of ether oxygens (including phenoxy) is 2. The zero-order valence-corrected chi connectivity index (χ0v) is 13.7. The van der Waals surface area contributed by atoms with E-state index in [1.807, 2.05) is 24.3 Å². The minimum atomic E-state index is -0.143. The van der Waals surface area contributed by atoms with Crippen LogP contribution < -0.4 is 10.1 Å². The lowest BCUT2D eigenvalue weighted by Gasteiger charge is -2.26. The largest absolute Gasteiger partial charge is 0.497 e. The van der Waals surface area contributed by atoms with Crippen LogP contribution in [-0.2, 0) is 4.74 Å². The minimum Gasteiger partial charge on any atom is -0.497 e. The van der Waals surface area contributed by atoms with E-state index < -0.39 is 0 Å². The maximum Gasteiger partial charge on any atom is 0.269 e. The first-order chi connectivity index (χ1) is 11.8. The zero-order chi connectivity index (χ0) is 16.8. The Morgan fingerprint density at radius 2 is 2.08 bits per heavy atom. The fourth-order valence-corrected chi connectivity index (χ4v) is 2.60. The number of nitrogens with one attached hydrogen (secondary N) is 2. The van der Waals surface area contributed by atoms with Crippen molar-refractivity contribution in [2.75, 3.05) is 46.5 Å². The standard InChI is InChI=1S/C17H22N4O3/c1-23-14-4-2-13(3-5-14)15-12-16(20-19-15)17(22)18-6-7-21-8-10-24-11-9-21/h2-5,12H,6-11H2,1H3,(H,18,22)(H,19,20). The molecule has 1 fully saturated rings. The molecule has 0 spiro atoms. The van der Waals surface area contributed by atoms with E-state index in [0.29, 0.717) is 12.2 Å². The number of aromatic nitrogens is 2. The van der Waals surface area contributed by atoms with Crippen molar-refractivity contribution in [3.63, 3.8) is 0 Å². The number of hydrogen-bond acceptors (Lipinski definition) is 5. The van der Waals surface area contributed by atoms with Crippen LogP contribution in [0.4, 0.5) is 0 Å². The molecule has 1 amide bonds. The number of amides is 1. The third-order valence-electron chi connectivity index (χ3n) is 4.03. The van der Waals surface area contributed by atoms with Gasteiger partial charge >= 0.3 is 0 Å². The fraction of sp³-hybridized carbons (Fsp3) is 0.412. The molecule has 2 aromatic rings. The number of hydrogen-bond donors (Lipinski definition) is 2. The van der Waals surface area contributed by atoms with Gasteiger partial charge in [-0.3, -0.25) is 14.8 Å². The second kappa shape index (κ2) is 7.94. The number of H-pyrrole nitrogens is 1. The van der Waals surface area contributed by atoms with E-state index in [9.17, 15) is 4.79 Å². The van der Waals surface area contributed by atoms with Gasteiger partial charge in [-0.1, -0.05) is 0 Å². The number of aromatic amines is 1. The molecule has 128 valence electrons. The molecule has 0 unspecified atom stereocenters. The number of carbonyl (C=O) groups excluding carboxylic acids is 1. The summed E-state index contributed by atoms with van der Waals surface area (Å²) < 4.78 is 10.4. The van der Waals surface area contributed by atoms with Gasteiger partial charge in [-0.05, 0) is 30.3 Å². The van der Waals surface area contributed by atoms with Gasteiger partial charge in [0.2, 0.25) is 0 Å². The normalized spacial score (nSPS) is 15.2. The summed E-state index contributed by atoms with van der Waals surface area (Å²) in [5.41, 5.74) is 2.12. The summed E-state index contributed by atoms with van der Waals surface area (Å²) in [5, 5.41) is 9.92. The summed E-state index contributed by atoms with van der Waals surface area (Å²) in [6, 6.07) is 9.31. The quantitative estimate of drug-likeness (QED) is 0.830. The van der Waals surface area contributed by atoms with Gasteiger partial charge in [0.1, 0.15) is 11.4 Å². The Labute approximate surface area is 140 Å². The van der Waals surface area contributed by atoms with E-state index in [1.54, 1.807) is 13.2 Å². The molecular weight excluding hydrogens is 308 g/mol. The summed E-state index contributed by atoms with van der Waals surface area (Å²) in [6.07, 6.45) is 0. The van der Waals surface area contributed by atoms with Crippen LogP contribution in [0.5, 0.6) is 5.75 Å². The maximum absolute atomic E-state index is 12.2. The van der Waals surface area contributed by atoms with Crippen molar-refractivity contribution in [3.8, 4) is 17.0 Å². The number of carbonyl (C=O) groups is 1. The second-order valence-corrected chi connectivity index (χ2v) is 5.61. The lowest BCUT2D eigenvalue weighted by Crippen LogP contribution is -2.41. The van der Waals surface area contributed by atoms with Crippen LogP contribution in [0.25, 0.3) is 11.3 Å². The molecule has 1 aromatic heterocycles. The van der Waals surface area contributed by atoms with Crippen LogP contribution in [0, 0.1) is 0 Å². The van der Waals surface area contributed by atoms with Crippen molar-refractivity contribution in [2.45, 2.75) is 0 Å². The summed E-state index contributed by atoms with van der Waals surface area (Å²) in [6.45, 7) is 4.80. The molecule has 2 heterocycles. The third kappa shape index (κ3) is 4.12. The van der Waals surface area contributed by atoms with E-state index in [0.717, 1.165) is 49.9 Å². The smallest absolute Gasteiger partial charge is 0.269 e. The number of methoxy groups -OCH3 is 1. The second-order valence-electron chi connectivity index (χ2n) is 5.61. The van der Waals surface area contributed by atoms with Crippen molar-refractivity contribution in [2.24, 2.45) is 0 Å². The molecule has 0 radical (unpaired) electrons. The molecule has 1 aliphatic heterocycles. The Bertz CT molecular complexity index is 663. The van der Waals surface area contributed by atoms with Crippen LogP contribution in [-0.4, -0.2) is 67.5 Å². The highest BCUT2D eigenvalue weighted by Crippen LogP contribution is 2.21.